The number of aryl methyl sites for hydroxylation is 1. The number of anilines is 1. The van der Waals surface area contributed by atoms with Crippen LogP contribution < -0.4 is 16.0 Å². The Bertz CT molecular complexity index is 533. The number of nitrogens with zero attached hydrogens (tertiary/aromatic N) is 2. The highest BCUT2D eigenvalue weighted by Gasteiger charge is 2.23. The van der Waals surface area contributed by atoms with Crippen LogP contribution in [0, 0.1) is 6.92 Å². The molecule has 1 aromatic rings. The summed E-state index contributed by atoms with van der Waals surface area (Å²) in [5, 5.41) is 9.85. The number of carbonyl (C=O) groups excluding carboxylic acids is 1. The third kappa shape index (κ3) is 4.93. The molecule has 23 heavy (non-hydrogen) atoms. The van der Waals surface area contributed by atoms with Crippen molar-refractivity contribution in [3.63, 3.8) is 0 Å². The van der Waals surface area contributed by atoms with E-state index in [0.717, 1.165) is 30.9 Å². The monoisotopic (exact) mass is 361 g/mol. The fourth-order valence-electron chi connectivity index (χ4n) is 3.05. The zero-order valence-electron chi connectivity index (χ0n) is 13.4. The lowest BCUT2D eigenvalue weighted by atomic mass is 10.1. The Labute approximate surface area is 149 Å². The molecule has 2 aliphatic rings. The summed E-state index contributed by atoms with van der Waals surface area (Å²) in [4.78, 5) is 20.7. The van der Waals surface area contributed by atoms with Crippen molar-refractivity contribution in [1.29, 1.82) is 0 Å². The number of nitrogens with one attached hydrogen (secondary N) is 3. The summed E-state index contributed by atoms with van der Waals surface area (Å²) in [6.07, 6.45) is 5.84. The number of fused-ring (bicyclic) bond motifs is 1. The van der Waals surface area contributed by atoms with Gasteiger partial charge in [-0.25, -0.2) is 9.97 Å². The minimum absolute atomic E-state index is 0. The maximum atomic E-state index is 11.9. The van der Waals surface area contributed by atoms with Crippen molar-refractivity contribution >= 4 is 36.5 Å². The molecule has 1 atom stereocenters. The van der Waals surface area contributed by atoms with Gasteiger partial charge in [0.25, 0.3) is 5.91 Å². The molecule has 1 fully saturated rings. The molecular formula is C15H25Cl2N5O. The molecule has 0 saturated carbocycles. The smallest absolute Gasteiger partial charge is 0.270 e. The lowest BCUT2D eigenvalue weighted by molar-refractivity contribution is 0.0940. The van der Waals surface area contributed by atoms with E-state index in [2.05, 4.69) is 25.9 Å². The predicted molar refractivity (Wildman–Crippen MR) is 96.1 cm³/mol. The highest BCUT2D eigenvalue weighted by molar-refractivity contribution is 5.95. The van der Waals surface area contributed by atoms with Crippen molar-refractivity contribution in [3.05, 3.63) is 17.1 Å². The maximum absolute atomic E-state index is 11.9. The third-order valence-electron chi connectivity index (χ3n) is 4.17. The van der Waals surface area contributed by atoms with Crippen molar-refractivity contribution < 1.29 is 4.79 Å². The Morgan fingerprint density at radius 2 is 2.00 bits per heavy atom. The molecule has 1 unspecified atom stereocenters. The summed E-state index contributed by atoms with van der Waals surface area (Å²) in [6.45, 7) is 4.44. The normalized spacial score (nSPS) is 20.2. The van der Waals surface area contributed by atoms with Gasteiger partial charge in [-0.15, -0.1) is 24.8 Å². The Hall–Kier alpha value is -1.11. The topological polar surface area (TPSA) is 78.9 Å². The van der Waals surface area contributed by atoms with Crippen LogP contribution in [0.4, 0.5) is 5.82 Å². The number of carbonyl (C=O) groups is 1. The summed E-state index contributed by atoms with van der Waals surface area (Å²) in [6, 6.07) is 0.482. The highest BCUT2D eigenvalue weighted by Crippen LogP contribution is 2.20. The van der Waals surface area contributed by atoms with Crippen molar-refractivity contribution in [1.82, 2.24) is 20.6 Å². The van der Waals surface area contributed by atoms with Gasteiger partial charge in [0.15, 0.2) is 0 Å². The minimum Gasteiger partial charge on any atom is -0.368 e. The Balaban J connectivity index is 0.00000132. The Morgan fingerprint density at radius 3 is 2.83 bits per heavy atom. The second kappa shape index (κ2) is 9.25. The number of hydrogen-bond acceptors (Lipinski definition) is 5. The summed E-state index contributed by atoms with van der Waals surface area (Å²) in [7, 11) is 0. The third-order valence-corrected chi connectivity index (χ3v) is 4.17. The first-order valence-corrected chi connectivity index (χ1v) is 7.87. The van der Waals surface area contributed by atoms with Gasteiger partial charge in [0, 0.05) is 24.7 Å². The average Bonchev–Trinajstić information content (AvgIpc) is 2.74. The van der Waals surface area contributed by atoms with Crippen LogP contribution in [0.3, 0.4) is 0 Å². The summed E-state index contributed by atoms with van der Waals surface area (Å²) >= 11 is 0. The molecular weight excluding hydrogens is 337 g/mol. The summed E-state index contributed by atoms with van der Waals surface area (Å²) in [5.41, 5.74) is 1.49. The highest BCUT2D eigenvalue weighted by atomic mass is 35.5. The summed E-state index contributed by atoms with van der Waals surface area (Å²) < 4.78 is 0. The second-order valence-electron chi connectivity index (χ2n) is 5.83. The molecule has 0 bridgehead atoms. The minimum atomic E-state index is -0.0857. The molecule has 0 aromatic carbocycles. The van der Waals surface area contributed by atoms with Crippen LogP contribution in [0.5, 0.6) is 0 Å². The number of rotatable bonds is 3. The van der Waals surface area contributed by atoms with Crippen molar-refractivity contribution in [2.24, 2.45) is 0 Å². The zero-order valence-corrected chi connectivity index (χ0v) is 15.0. The van der Waals surface area contributed by atoms with Gasteiger partial charge in [0.2, 0.25) is 0 Å². The Kier molecular flexibility index (Phi) is 8.02. The van der Waals surface area contributed by atoms with Crippen molar-refractivity contribution in [2.75, 3.05) is 25.0 Å². The lowest BCUT2D eigenvalue weighted by Gasteiger charge is -2.22. The number of aromatic nitrogens is 2. The van der Waals surface area contributed by atoms with Gasteiger partial charge in [-0.1, -0.05) is 12.8 Å². The van der Waals surface area contributed by atoms with E-state index in [0.29, 0.717) is 24.1 Å². The molecule has 1 saturated heterocycles. The van der Waals surface area contributed by atoms with E-state index in [1.54, 1.807) is 0 Å². The van der Waals surface area contributed by atoms with Gasteiger partial charge in [0.05, 0.1) is 0 Å². The molecule has 1 aromatic heterocycles. The fraction of sp³-hybridized carbons (Fsp3) is 0.667. The van der Waals surface area contributed by atoms with E-state index in [1.807, 2.05) is 6.92 Å². The molecule has 6 nitrogen and oxygen atoms in total. The molecule has 3 heterocycles. The molecule has 0 spiro atoms. The number of amides is 1. The first-order valence-electron chi connectivity index (χ1n) is 7.87. The quantitative estimate of drug-likeness (QED) is 0.765. The van der Waals surface area contributed by atoms with Gasteiger partial charge < -0.3 is 16.0 Å². The van der Waals surface area contributed by atoms with Crippen molar-refractivity contribution in [2.45, 2.75) is 45.1 Å². The molecule has 3 rings (SSSR count). The van der Waals surface area contributed by atoms with E-state index in [-0.39, 0.29) is 30.7 Å². The first-order chi connectivity index (χ1) is 10.2. The molecule has 0 aliphatic carbocycles. The van der Waals surface area contributed by atoms with Gasteiger partial charge in [-0.2, -0.15) is 0 Å². The molecule has 1 amide bonds. The van der Waals surface area contributed by atoms with Crippen LogP contribution in [0.15, 0.2) is 0 Å². The van der Waals surface area contributed by atoms with Gasteiger partial charge in [-0.3, -0.25) is 4.79 Å². The largest absolute Gasteiger partial charge is 0.368 e. The average molecular weight is 362 g/mol. The summed E-state index contributed by atoms with van der Waals surface area (Å²) in [5.74, 6) is 1.39. The number of halogens is 2. The standard InChI is InChI=1S/C15H23N5O.2ClH/c1-10-19-13-12(6-8-17-15(13)21)14(20-10)18-9-11-5-3-2-4-7-16-11;;/h11,16H,2-9H2,1H3,(H,17,21)(H,18,19,20);2*1H. The van der Waals surface area contributed by atoms with E-state index >= 15 is 0 Å². The van der Waals surface area contributed by atoms with Gasteiger partial charge in [0.1, 0.15) is 17.3 Å². The zero-order chi connectivity index (χ0) is 14.7. The van der Waals surface area contributed by atoms with Crippen LogP contribution >= 0.6 is 24.8 Å². The second-order valence-corrected chi connectivity index (χ2v) is 5.83. The van der Waals surface area contributed by atoms with Crippen molar-refractivity contribution in [3.8, 4) is 0 Å². The molecule has 8 heteroatoms. The van der Waals surface area contributed by atoms with Gasteiger partial charge >= 0.3 is 0 Å². The molecule has 130 valence electrons. The van der Waals surface area contributed by atoms with Gasteiger partial charge in [-0.05, 0) is 32.7 Å². The first kappa shape index (κ1) is 19.9. The number of hydrogen-bond donors (Lipinski definition) is 3. The van der Waals surface area contributed by atoms with E-state index < -0.39 is 0 Å². The van der Waals surface area contributed by atoms with Crippen LogP contribution in [0.2, 0.25) is 0 Å². The lowest BCUT2D eigenvalue weighted by Crippen LogP contribution is -2.37. The van der Waals surface area contributed by atoms with E-state index in [9.17, 15) is 4.79 Å². The SMILES string of the molecule is Cc1nc(NCC2CCCCCN2)c2c(n1)C(=O)NCC2.Cl.Cl. The van der Waals surface area contributed by atoms with E-state index in [1.165, 1.54) is 25.7 Å². The predicted octanol–water partition coefficient (Wildman–Crippen LogP) is 1.86. The van der Waals surface area contributed by atoms with Crippen LogP contribution in [-0.4, -0.2) is 41.6 Å². The van der Waals surface area contributed by atoms with E-state index in [4.69, 9.17) is 0 Å². The van der Waals surface area contributed by atoms with Crippen LogP contribution in [-0.2, 0) is 6.42 Å². The van der Waals surface area contributed by atoms with Crippen LogP contribution in [0.25, 0.3) is 0 Å². The molecule has 2 aliphatic heterocycles. The maximum Gasteiger partial charge on any atom is 0.270 e. The molecule has 0 radical (unpaired) electrons. The molecule has 3 N–H and O–H groups in total. The Morgan fingerprint density at radius 1 is 1.17 bits per heavy atom. The fourth-order valence-corrected chi connectivity index (χ4v) is 3.05. The van der Waals surface area contributed by atoms with Crippen LogP contribution in [0.1, 0.15) is 47.6 Å².